The zero-order valence-electron chi connectivity index (χ0n) is 7.95. The maximum Gasteiger partial charge on any atom is 0.325 e. The highest BCUT2D eigenvalue weighted by molar-refractivity contribution is 5.90. The fourth-order valence-corrected chi connectivity index (χ4v) is 1.16. The molecular formula is C8H14N2O4. The van der Waals surface area contributed by atoms with Gasteiger partial charge in [-0.05, 0) is 13.3 Å². The monoisotopic (exact) mass is 202 g/mol. The summed E-state index contributed by atoms with van der Waals surface area (Å²) in [4.78, 5) is 22.0. The maximum atomic E-state index is 11.5. The van der Waals surface area contributed by atoms with Gasteiger partial charge in [0.2, 0.25) is 5.91 Å². The Morgan fingerprint density at radius 2 is 2.29 bits per heavy atom. The maximum absolute atomic E-state index is 11.5. The smallest absolute Gasteiger partial charge is 0.325 e. The van der Waals surface area contributed by atoms with E-state index in [4.69, 9.17) is 15.6 Å². The first-order chi connectivity index (χ1) is 6.46. The Labute approximate surface area is 81.4 Å². The van der Waals surface area contributed by atoms with Crippen LogP contribution in [0.15, 0.2) is 0 Å². The van der Waals surface area contributed by atoms with Gasteiger partial charge in [-0.15, -0.1) is 0 Å². The molecule has 1 heterocycles. The lowest BCUT2D eigenvalue weighted by Crippen LogP contribution is -2.57. The van der Waals surface area contributed by atoms with Gasteiger partial charge in [0, 0.05) is 6.61 Å². The van der Waals surface area contributed by atoms with Gasteiger partial charge in [0.15, 0.2) is 0 Å². The van der Waals surface area contributed by atoms with Crippen molar-refractivity contribution in [3.8, 4) is 0 Å². The second-order valence-electron chi connectivity index (χ2n) is 3.49. The van der Waals surface area contributed by atoms with Crippen molar-refractivity contribution in [3.63, 3.8) is 0 Å². The number of nitrogens with two attached hydrogens (primary N) is 1. The highest BCUT2D eigenvalue weighted by Crippen LogP contribution is 2.15. The number of carboxylic acid groups (broad SMARTS) is 1. The predicted molar refractivity (Wildman–Crippen MR) is 47.6 cm³/mol. The van der Waals surface area contributed by atoms with E-state index in [1.807, 2.05) is 0 Å². The summed E-state index contributed by atoms with van der Waals surface area (Å²) in [7, 11) is 0. The van der Waals surface area contributed by atoms with Crippen LogP contribution in [0.4, 0.5) is 0 Å². The van der Waals surface area contributed by atoms with Crippen molar-refractivity contribution < 1.29 is 19.4 Å². The van der Waals surface area contributed by atoms with Crippen LogP contribution in [0, 0.1) is 0 Å². The van der Waals surface area contributed by atoms with Gasteiger partial charge in [0.05, 0.1) is 6.61 Å². The van der Waals surface area contributed by atoms with E-state index < -0.39 is 23.5 Å². The van der Waals surface area contributed by atoms with Gasteiger partial charge in [-0.2, -0.15) is 0 Å². The molecule has 1 aliphatic rings. The normalized spacial score (nSPS) is 28.4. The molecule has 2 atom stereocenters. The van der Waals surface area contributed by atoms with E-state index in [9.17, 15) is 9.59 Å². The highest BCUT2D eigenvalue weighted by atomic mass is 16.5. The zero-order valence-corrected chi connectivity index (χ0v) is 7.95. The summed E-state index contributed by atoms with van der Waals surface area (Å²) >= 11 is 0. The molecule has 0 aromatic heterocycles. The van der Waals surface area contributed by atoms with E-state index in [-0.39, 0.29) is 6.61 Å². The second kappa shape index (κ2) is 3.93. The summed E-state index contributed by atoms with van der Waals surface area (Å²) in [5.41, 5.74) is 4.66. The molecule has 0 aromatic rings. The Hall–Kier alpha value is -1.14. The number of hydrogen-bond donors (Lipinski definition) is 3. The minimum Gasteiger partial charge on any atom is -0.480 e. The Kier molecular flexibility index (Phi) is 3.07. The van der Waals surface area contributed by atoms with Gasteiger partial charge in [-0.25, -0.2) is 0 Å². The van der Waals surface area contributed by atoms with Crippen LogP contribution < -0.4 is 11.1 Å². The molecule has 0 spiro atoms. The van der Waals surface area contributed by atoms with Gasteiger partial charge in [0.25, 0.3) is 0 Å². The van der Waals surface area contributed by atoms with Crippen molar-refractivity contribution in [2.24, 2.45) is 5.73 Å². The molecule has 80 valence electrons. The molecule has 0 bridgehead atoms. The van der Waals surface area contributed by atoms with Crippen LogP contribution in [0.5, 0.6) is 0 Å². The fourth-order valence-electron chi connectivity index (χ4n) is 1.16. The molecule has 1 rings (SSSR count). The summed E-state index contributed by atoms with van der Waals surface area (Å²) in [5.74, 6) is -1.55. The van der Waals surface area contributed by atoms with Crippen LogP contribution in [-0.2, 0) is 14.3 Å². The minimum atomic E-state index is -1.08. The summed E-state index contributed by atoms with van der Waals surface area (Å²) in [6.45, 7) is 1.97. The number of aliphatic carboxylic acids is 1. The number of amides is 1. The molecule has 0 aromatic carbocycles. The zero-order chi connectivity index (χ0) is 10.8. The minimum absolute atomic E-state index is 0.144. The van der Waals surface area contributed by atoms with E-state index in [1.165, 1.54) is 6.92 Å². The standard InChI is InChI=1S/C8H14N2O4/c1-5(6(11)12)10-7(13)8(9)2-3-14-4-8/h5H,2-4,9H2,1H3,(H,10,13)(H,11,12)/t5-,8?/m0/s1. The van der Waals surface area contributed by atoms with E-state index in [0.29, 0.717) is 13.0 Å². The predicted octanol–water partition coefficient (Wildman–Crippen LogP) is -1.31. The fraction of sp³-hybridized carbons (Fsp3) is 0.750. The number of rotatable bonds is 3. The van der Waals surface area contributed by atoms with Crippen molar-refractivity contribution in [1.29, 1.82) is 0 Å². The largest absolute Gasteiger partial charge is 0.480 e. The molecule has 6 nitrogen and oxygen atoms in total. The topological polar surface area (TPSA) is 102 Å². The molecule has 0 radical (unpaired) electrons. The van der Waals surface area contributed by atoms with Gasteiger partial charge < -0.3 is 20.9 Å². The van der Waals surface area contributed by atoms with Gasteiger partial charge in [-0.3, -0.25) is 9.59 Å². The number of carbonyl (C=O) groups excluding carboxylic acids is 1. The van der Waals surface area contributed by atoms with E-state index in [2.05, 4.69) is 5.32 Å². The highest BCUT2D eigenvalue weighted by Gasteiger charge is 2.39. The molecule has 1 amide bonds. The summed E-state index contributed by atoms with van der Waals surface area (Å²) in [6, 6.07) is -0.927. The first-order valence-electron chi connectivity index (χ1n) is 4.36. The lowest BCUT2D eigenvalue weighted by molar-refractivity contribution is -0.142. The van der Waals surface area contributed by atoms with Crippen LogP contribution in [0.25, 0.3) is 0 Å². The van der Waals surface area contributed by atoms with Crippen molar-refractivity contribution in [2.75, 3.05) is 13.2 Å². The average molecular weight is 202 g/mol. The molecule has 0 aliphatic carbocycles. The number of ether oxygens (including phenoxy) is 1. The van der Waals surface area contributed by atoms with Crippen LogP contribution in [0.3, 0.4) is 0 Å². The molecule has 1 unspecified atom stereocenters. The van der Waals surface area contributed by atoms with Gasteiger partial charge in [0.1, 0.15) is 11.6 Å². The summed E-state index contributed by atoms with van der Waals surface area (Å²) in [6.07, 6.45) is 0.422. The third-order valence-electron chi connectivity index (χ3n) is 2.22. The first-order valence-corrected chi connectivity index (χ1v) is 4.36. The van der Waals surface area contributed by atoms with Gasteiger partial charge in [-0.1, -0.05) is 0 Å². The molecule has 1 saturated heterocycles. The van der Waals surface area contributed by atoms with Gasteiger partial charge >= 0.3 is 5.97 Å². The Bertz CT molecular complexity index is 248. The summed E-state index contributed by atoms with van der Waals surface area (Å²) in [5, 5.41) is 10.9. The Morgan fingerprint density at radius 3 is 2.71 bits per heavy atom. The number of nitrogens with one attached hydrogen (secondary N) is 1. The first kappa shape index (κ1) is 10.9. The van der Waals surface area contributed by atoms with Crippen molar-refractivity contribution in [3.05, 3.63) is 0 Å². The third-order valence-corrected chi connectivity index (χ3v) is 2.22. The Balaban J connectivity index is 2.53. The van der Waals surface area contributed by atoms with Crippen LogP contribution in [0.2, 0.25) is 0 Å². The Morgan fingerprint density at radius 1 is 1.64 bits per heavy atom. The SMILES string of the molecule is C[C@H](NC(=O)C1(N)CCOC1)C(=O)O. The van der Waals surface area contributed by atoms with E-state index in [1.54, 1.807) is 0 Å². The van der Waals surface area contributed by atoms with Crippen molar-refractivity contribution in [1.82, 2.24) is 5.32 Å². The summed E-state index contributed by atoms with van der Waals surface area (Å²) < 4.78 is 4.99. The van der Waals surface area contributed by atoms with E-state index in [0.717, 1.165) is 0 Å². The van der Waals surface area contributed by atoms with Crippen molar-refractivity contribution in [2.45, 2.75) is 24.9 Å². The number of carbonyl (C=O) groups is 2. The second-order valence-corrected chi connectivity index (χ2v) is 3.49. The van der Waals surface area contributed by atoms with E-state index >= 15 is 0 Å². The molecular weight excluding hydrogens is 188 g/mol. The third kappa shape index (κ3) is 2.21. The molecule has 0 saturated carbocycles. The lowest BCUT2D eigenvalue weighted by Gasteiger charge is -2.22. The molecule has 1 aliphatic heterocycles. The molecule has 1 fully saturated rings. The lowest BCUT2D eigenvalue weighted by atomic mass is 9.99. The number of carboxylic acids is 1. The molecule has 14 heavy (non-hydrogen) atoms. The number of hydrogen-bond acceptors (Lipinski definition) is 4. The van der Waals surface area contributed by atoms with Crippen LogP contribution in [-0.4, -0.2) is 41.8 Å². The van der Waals surface area contributed by atoms with Crippen LogP contribution >= 0.6 is 0 Å². The van der Waals surface area contributed by atoms with Crippen molar-refractivity contribution >= 4 is 11.9 Å². The van der Waals surface area contributed by atoms with Crippen LogP contribution in [0.1, 0.15) is 13.3 Å². The molecule has 6 heteroatoms. The quantitative estimate of drug-likeness (QED) is 0.527. The molecule has 4 N–H and O–H groups in total. The average Bonchev–Trinajstić information content (AvgIpc) is 2.53.